The Kier molecular flexibility index (Phi) is 10.5. The first-order chi connectivity index (χ1) is 9.63. The molecule has 0 amide bonds. The summed E-state index contributed by atoms with van der Waals surface area (Å²) in [5, 5.41) is 17.1. The van der Waals surface area contributed by atoms with Gasteiger partial charge in [-0.05, 0) is 24.8 Å². The topological polar surface area (TPSA) is 77.1 Å². The van der Waals surface area contributed by atoms with E-state index >= 15 is 0 Å². The fraction of sp³-hybridized carbons (Fsp3) is 0.533. The SMILES string of the molecule is CCCCCCOC(=O)CN(C)C=CC=C(C#N)C#N. The second kappa shape index (κ2) is 11.8. The number of allylic oxidation sites excluding steroid dienone is 3. The molecule has 20 heavy (non-hydrogen) atoms. The highest BCUT2D eigenvalue weighted by atomic mass is 16.5. The van der Waals surface area contributed by atoms with E-state index in [0.29, 0.717) is 6.61 Å². The van der Waals surface area contributed by atoms with Gasteiger partial charge in [0.25, 0.3) is 0 Å². The molecule has 0 unspecified atom stereocenters. The number of likely N-dealkylation sites (N-methyl/N-ethyl adjacent to an activating group) is 1. The van der Waals surface area contributed by atoms with Gasteiger partial charge in [-0.15, -0.1) is 0 Å². The quantitative estimate of drug-likeness (QED) is 0.280. The van der Waals surface area contributed by atoms with E-state index in [9.17, 15) is 4.79 Å². The van der Waals surface area contributed by atoms with Crippen LogP contribution in [-0.4, -0.2) is 31.1 Å². The van der Waals surface area contributed by atoms with Crippen molar-refractivity contribution in [2.45, 2.75) is 32.6 Å². The first-order valence-corrected chi connectivity index (χ1v) is 6.68. The Morgan fingerprint density at radius 3 is 2.55 bits per heavy atom. The Labute approximate surface area is 120 Å². The summed E-state index contributed by atoms with van der Waals surface area (Å²) in [5.41, 5.74) is 0.0214. The van der Waals surface area contributed by atoms with Gasteiger partial charge in [-0.1, -0.05) is 26.2 Å². The molecule has 0 bridgehead atoms. The molecule has 0 heterocycles. The number of nitriles is 2. The van der Waals surface area contributed by atoms with Crippen molar-refractivity contribution in [2.24, 2.45) is 0 Å². The molecule has 0 saturated carbocycles. The zero-order valence-corrected chi connectivity index (χ0v) is 12.1. The van der Waals surface area contributed by atoms with Crippen molar-refractivity contribution in [2.75, 3.05) is 20.2 Å². The number of hydrogen-bond acceptors (Lipinski definition) is 5. The minimum Gasteiger partial charge on any atom is -0.464 e. The van der Waals surface area contributed by atoms with Crippen molar-refractivity contribution in [1.82, 2.24) is 4.90 Å². The Balaban J connectivity index is 3.91. The number of esters is 1. The number of carbonyl (C=O) groups excluding carboxylic acids is 1. The largest absolute Gasteiger partial charge is 0.464 e. The molecule has 0 N–H and O–H groups in total. The molecule has 0 fully saturated rings. The second-order valence-electron chi connectivity index (χ2n) is 4.34. The number of ether oxygens (including phenoxy) is 1. The highest BCUT2D eigenvalue weighted by Gasteiger charge is 2.04. The minimum atomic E-state index is -0.279. The maximum atomic E-state index is 11.5. The van der Waals surface area contributed by atoms with E-state index in [0.717, 1.165) is 25.7 Å². The molecule has 108 valence electrons. The van der Waals surface area contributed by atoms with Crippen molar-refractivity contribution >= 4 is 5.97 Å². The van der Waals surface area contributed by atoms with Crippen LogP contribution in [0.25, 0.3) is 0 Å². The number of nitrogens with zero attached hydrogens (tertiary/aromatic N) is 3. The zero-order chi connectivity index (χ0) is 15.2. The van der Waals surface area contributed by atoms with Gasteiger partial charge in [0.05, 0.1) is 6.61 Å². The fourth-order valence-electron chi connectivity index (χ4n) is 1.40. The molecule has 0 aliphatic rings. The van der Waals surface area contributed by atoms with Crippen LogP contribution in [0, 0.1) is 22.7 Å². The molecule has 0 radical (unpaired) electrons. The Hall–Kier alpha value is -2.27. The number of hydrogen-bond donors (Lipinski definition) is 0. The average Bonchev–Trinajstić information content (AvgIpc) is 2.43. The molecule has 5 heteroatoms. The molecule has 0 aliphatic heterocycles. The lowest BCUT2D eigenvalue weighted by atomic mass is 10.2. The summed E-state index contributed by atoms with van der Waals surface area (Å²) in [7, 11) is 1.72. The van der Waals surface area contributed by atoms with E-state index in [1.165, 1.54) is 6.08 Å². The summed E-state index contributed by atoms with van der Waals surface area (Å²) in [4.78, 5) is 13.1. The zero-order valence-electron chi connectivity index (χ0n) is 12.1. The highest BCUT2D eigenvalue weighted by Crippen LogP contribution is 1.99. The summed E-state index contributed by atoms with van der Waals surface area (Å²) in [6.45, 7) is 2.74. The molecular weight excluding hydrogens is 254 g/mol. The van der Waals surface area contributed by atoms with Crippen LogP contribution >= 0.6 is 0 Å². The van der Waals surface area contributed by atoms with Crippen molar-refractivity contribution < 1.29 is 9.53 Å². The molecule has 0 aromatic heterocycles. The standard InChI is InChI=1S/C15H21N3O2/c1-3-4-5-6-10-20-15(19)13-18(2)9-7-8-14(11-16)12-17/h7-9H,3-6,10,13H2,1-2H3. The third kappa shape index (κ3) is 9.73. The van der Waals surface area contributed by atoms with E-state index in [2.05, 4.69) is 6.92 Å². The van der Waals surface area contributed by atoms with Gasteiger partial charge in [-0.25, -0.2) is 0 Å². The van der Waals surface area contributed by atoms with Gasteiger partial charge in [-0.3, -0.25) is 4.79 Å². The van der Waals surface area contributed by atoms with E-state index in [4.69, 9.17) is 15.3 Å². The molecule has 0 atom stereocenters. The van der Waals surface area contributed by atoms with Crippen LogP contribution in [-0.2, 0) is 9.53 Å². The third-order valence-electron chi connectivity index (χ3n) is 2.48. The van der Waals surface area contributed by atoms with Crippen LogP contribution in [0.1, 0.15) is 32.6 Å². The van der Waals surface area contributed by atoms with Gasteiger partial charge in [0.2, 0.25) is 0 Å². The van der Waals surface area contributed by atoms with Crippen molar-refractivity contribution in [3.05, 3.63) is 23.9 Å². The van der Waals surface area contributed by atoms with Gasteiger partial charge in [0, 0.05) is 7.05 Å². The predicted molar refractivity (Wildman–Crippen MR) is 76.2 cm³/mol. The van der Waals surface area contributed by atoms with Gasteiger partial charge in [0.15, 0.2) is 0 Å². The van der Waals surface area contributed by atoms with Crippen molar-refractivity contribution in [1.29, 1.82) is 10.5 Å². The summed E-state index contributed by atoms with van der Waals surface area (Å²) >= 11 is 0. The molecule has 5 nitrogen and oxygen atoms in total. The highest BCUT2D eigenvalue weighted by molar-refractivity contribution is 5.71. The van der Waals surface area contributed by atoms with Crippen LogP contribution in [0.5, 0.6) is 0 Å². The second-order valence-corrected chi connectivity index (χ2v) is 4.34. The lowest BCUT2D eigenvalue weighted by Gasteiger charge is -2.12. The van der Waals surface area contributed by atoms with Crippen LogP contribution in [0.15, 0.2) is 23.9 Å². The number of rotatable bonds is 9. The summed E-state index contributed by atoms with van der Waals surface area (Å²) in [5.74, 6) is -0.279. The van der Waals surface area contributed by atoms with E-state index < -0.39 is 0 Å². The Bertz CT molecular complexity index is 411. The normalized spacial score (nSPS) is 9.60. The predicted octanol–water partition coefficient (Wildman–Crippen LogP) is 2.53. The average molecular weight is 275 g/mol. The van der Waals surface area contributed by atoms with Crippen LogP contribution < -0.4 is 0 Å². The summed E-state index contributed by atoms with van der Waals surface area (Å²) < 4.78 is 5.09. The smallest absolute Gasteiger partial charge is 0.325 e. The first kappa shape index (κ1) is 17.7. The Morgan fingerprint density at radius 1 is 1.25 bits per heavy atom. The lowest BCUT2D eigenvalue weighted by molar-refractivity contribution is -0.144. The fourth-order valence-corrected chi connectivity index (χ4v) is 1.40. The molecule has 0 aromatic carbocycles. The van der Waals surface area contributed by atoms with Crippen LogP contribution in [0.2, 0.25) is 0 Å². The Morgan fingerprint density at radius 2 is 1.95 bits per heavy atom. The van der Waals surface area contributed by atoms with Gasteiger partial charge in [-0.2, -0.15) is 10.5 Å². The van der Waals surface area contributed by atoms with E-state index in [-0.39, 0.29) is 18.1 Å². The number of carbonyl (C=O) groups is 1. The van der Waals surface area contributed by atoms with Crippen molar-refractivity contribution in [3.8, 4) is 12.1 Å². The van der Waals surface area contributed by atoms with Crippen LogP contribution in [0.4, 0.5) is 0 Å². The van der Waals surface area contributed by atoms with Gasteiger partial charge >= 0.3 is 5.97 Å². The summed E-state index contributed by atoms with van der Waals surface area (Å²) in [6, 6.07) is 3.50. The summed E-state index contributed by atoms with van der Waals surface area (Å²) in [6.07, 6.45) is 8.86. The van der Waals surface area contributed by atoms with Crippen LogP contribution in [0.3, 0.4) is 0 Å². The molecule has 0 aromatic rings. The first-order valence-electron chi connectivity index (χ1n) is 6.68. The number of unbranched alkanes of at least 4 members (excludes halogenated alkanes) is 3. The molecular formula is C15H21N3O2. The maximum Gasteiger partial charge on any atom is 0.325 e. The van der Waals surface area contributed by atoms with E-state index in [1.807, 2.05) is 0 Å². The van der Waals surface area contributed by atoms with Crippen molar-refractivity contribution in [3.63, 3.8) is 0 Å². The minimum absolute atomic E-state index is 0.0214. The molecule has 0 aliphatic carbocycles. The third-order valence-corrected chi connectivity index (χ3v) is 2.48. The molecule has 0 rings (SSSR count). The van der Waals surface area contributed by atoms with Gasteiger partial charge < -0.3 is 9.64 Å². The maximum absolute atomic E-state index is 11.5. The monoisotopic (exact) mass is 275 g/mol. The lowest BCUT2D eigenvalue weighted by Crippen LogP contribution is -2.23. The molecule has 0 spiro atoms. The van der Waals surface area contributed by atoms with E-state index in [1.54, 1.807) is 36.4 Å². The molecule has 0 saturated heterocycles. The van der Waals surface area contributed by atoms with Gasteiger partial charge in [0.1, 0.15) is 24.3 Å².